The zero-order valence-corrected chi connectivity index (χ0v) is 12.7. The van der Waals surface area contributed by atoms with Crippen molar-refractivity contribution < 1.29 is 4.79 Å². The van der Waals surface area contributed by atoms with Gasteiger partial charge in [-0.1, -0.05) is 13.3 Å². The van der Waals surface area contributed by atoms with Crippen molar-refractivity contribution in [2.45, 2.75) is 51.1 Å². The summed E-state index contributed by atoms with van der Waals surface area (Å²) in [5.41, 5.74) is 0.783. The average molecular weight is 275 g/mol. The van der Waals surface area contributed by atoms with Gasteiger partial charge in [0.2, 0.25) is 5.91 Å². The zero-order chi connectivity index (χ0) is 14.6. The van der Waals surface area contributed by atoms with Gasteiger partial charge in [0.1, 0.15) is 0 Å². The van der Waals surface area contributed by atoms with Gasteiger partial charge >= 0.3 is 0 Å². The van der Waals surface area contributed by atoms with Crippen LogP contribution in [0.2, 0.25) is 0 Å². The Morgan fingerprint density at radius 3 is 2.75 bits per heavy atom. The average Bonchev–Trinajstić information content (AvgIpc) is 2.96. The molecule has 4 heteroatoms. The summed E-state index contributed by atoms with van der Waals surface area (Å²) in [6, 6.07) is 4.02. The third-order valence-corrected chi connectivity index (χ3v) is 4.42. The molecule has 4 nitrogen and oxygen atoms in total. The van der Waals surface area contributed by atoms with Crippen molar-refractivity contribution in [3.8, 4) is 0 Å². The number of carbonyl (C=O) groups is 1. The highest BCUT2D eigenvalue weighted by Crippen LogP contribution is 2.30. The molecule has 2 atom stereocenters. The van der Waals surface area contributed by atoms with Crippen LogP contribution < -0.4 is 5.32 Å². The van der Waals surface area contributed by atoms with E-state index < -0.39 is 0 Å². The molecule has 2 unspecified atom stereocenters. The van der Waals surface area contributed by atoms with Crippen molar-refractivity contribution in [2.75, 3.05) is 13.6 Å². The number of amides is 1. The number of aromatic nitrogens is 1. The molecule has 0 saturated carbocycles. The molecule has 1 aliphatic rings. The van der Waals surface area contributed by atoms with Crippen molar-refractivity contribution in [1.29, 1.82) is 0 Å². The van der Waals surface area contributed by atoms with Crippen molar-refractivity contribution >= 4 is 5.91 Å². The van der Waals surface area contributed by atoms with Gasteiger partial charge in [-0.25, -0.2) is 0 Å². The molecule has 1 aliphatic heterocycles. The lowest BCUT2D eigenvalue weighted by Gasteiger charge is -2.35. The van der Waals surface area contributed by atoms with Crippen LogP contribution in [0.3, 0.4) is 0 Å². The van der Waals surface area contributed by atoms with Gasteiger partial charge in [-0.2, -0.15) is 0 Å². The minimum atomic E-state index is -0.342. The first kappa shape index (κ1) is 15.0. The first-order valence-corrected chi connectivity index (χ1v) is 7.53. The SMILES string of the molecule is CCCC1(C(=O)N(C)C(C)c2ccncc2)CCCN1. The molecule has 0 radical (unpaired) electrons. The number of rotatable bonds is 5. The molecular weight excluding hydrogens is 250 g/mol. The quantitative estimate of drug-likeness (QED) is 0.898. The molecule has 1 N–H and O–H groups in total. The van der Waals surface area contributed by atoms with E-state index in [2.05, 4.69) is 24.1 Å². The van der Waals surface area contributed by atoms with Gasteiger partial charge in [-0.05, 0) is 50.4 Å². The second-order valence-electron chi connectivity index (χ2n) is 5.74. The first-order chi connectivity index (χ1) is 9.60. The number of hydrogen-bond acceptors (Lipinski definition) is 3. The van der Waals surface area contributed by atoms with Crippen LogP contribution in [-0.2, 0) is 4.79 Å². The molecule has 1 amide bonds. The van der Waals surface area contributed by atoms with Crippen molar-refractivity contribution in [1.82, 2.24) is 15.2 Å². The highest BCUT2D eigenvalue weighted by molar-refractivity contribution is 5.87. The Labute approximate surface area is 121 Å². The fourth-order valence-corrected chi connectivity index (χ4v) is 3.11. The minimum absolute atomic E-state index is 0.0710. The summed E-state index contributed by atoms with van der Waals surface area (Å²) in [6.07, 6.45) is 7.53. The van der Waals surface area contributed by atoms with Gasteiger partial charge in [-0.15, -0.1) is 0 Å². The molecule has 1 fully saturated rings. The molecule has 0 aromatic carbocycles. The Hall–Kier alpha value is -1.42. The van der Waals surface area contributed by atoms with Gasteiger partial charge in [0.05, 0.1) is 11.6 Å². The third-order valence-electron chi connectivity index (χ3n) is 4.42. The van der Waals surface area contributed by atoms with Crippen LogP contribution in [0, 0.1) is 0 Å². The van der Waals surface area contributed by atoms with E-state index in [1.165, 1.54) is 0 Å². The lowest BCUT2D eigenvalue weighted by Crippen LogP contribution is -2.54. The van der Waals surface area contributed by atoms with Crippen LogP contribution in [-0.4, -0.2) is 34.9 Å². The summed E-state index contributed by atoms with van der Waals surface area (Å²) in [5.74, 6) is 0.223. The minimum Gasteiger partial charge on any atom is -0.337 e. The molecule has 110 valence electrons. The number of nitrogens with one attached hydrogen (secondary N) is 1. The summed E-state index contributed by atoms with van der Waals surface area (Å²) in [5, 5.41) is 3.45. The van der Waals surface area contributed by atoms with Crippen LogP contribution in [0.1, 0.15) is 51.1 Å². The monoisotopic (exact) mass is 275 g/mol. The molecule has 0 aliphatic carbocycles. The Balaban J connectivity index is 2.15. The zero-order valence-electron chi connectivity index (χ0n) is 12.7. The van der Waals surface area contributed by atoms with E-state index in [1.54, 1.807) is 12.4 Å². The molecule has 1 aromatic rings. The summed E-state index contributed by atoms with van der Waals surface area (Å²) in [7, 11) is 1.91. The van der Waals surface area contributed by atoms with Crippen molar-refractivity contribution in [2.24, 2.45) is 0 Å². The van der Waals surface area contributed by atoms with Gasteiger partial charge in [-0.3, -0.25) is 9.78 Å². The molecule has 20 heavy (non-hydrogen) atoms. The normalized spacial score (nSPS) is 23.6. The van der Waals surface area contributed by atoms with Crippen LogP contribution >= 0.6 is 0 Å². The standard InChI is InChI=1S/C16H25N3O/c1-4-8-16(9-5-10-18-16)15(20)19(3)13(2)14-6-11-17-12-7-14/h6-7,11-13,18H,4-5,8-10H2,1-3H3. The second-order valence-corrected chi connectivity index (χ2v) is 5.74. The number of carbonyl (C=O) groups excluding carboxylic acids is 1. The van der Waals surface area contributed by atoms with E-state index in [-0.39, 0.29) is 17.5 Å². The largest absolute Gasteiger partial charge is 0.337 e. The highest BCUT2D eigenvalue weighted by atomic mass is 16.2. The molecular formula is C16H25N3O. The molecule has 1 aromatic heterocycles. The first-order valence-electron chi connectivity index (χ1n) is 7.53. The maximum Gasteiger partial charge on any atom is 0.243 e. The Kier molecular flexibility index (Phi) is 4.76. The van der Waals surface area contributed by atoms with E-state index in [9.17, 15) is 4.79 Å². The Bertz CT molecular complexity index is 440. The smallest absolute Gasteiger partial charge is 0.243 e. The molecule has 0 bridgehead atoms. The number of likely N-dealkylation sites (N-methyl/N-ethyl adjacent to an activating group) is 1. The Morgan fingerprint density at radius 2 is 2.20 bits per heavy atom. The van der Waals surface area contributed by atoms with Gasteiger partial charge < -0.3 is 10.2 Å². The fourth-order valence-electron chi connectivity index (χ4n) is 3.11. The highest BCUT2D eigenvalue weighted by Gasteiger charge is 2.42. The summed E-state index contributed by atoms with van der Waals surface area (Å²) >= 11 is 0. The lowest BCUT2D eigenvalue weighted by atomic mass is 9.89. The lowest BCUT2D eigenvalue weighted by molar-refractivity contribution is -0.138. The maximum absolute atomic E-state index is 12.9. The van der Waals surface area contributed by atoms with E-state index in [1.807, 2.05) is 24.1 Å². The number of hydrogen-bond donors (Lipinski definition) is 1. The van der Waals surface area contributed by atoms with Crippen molar-refractivity contribution in [3.63, 3.8) is 0 Å². The van der Waals surface area contributed by atoms with Crippen LogP contribution in [0.5, 0.6) is 0 Å². The van der Waals surface area contributed by atoms with Gasteiger partial charge in [0, 0.05) is 19.4 Å². The summed E-state index contributed by atoms with van der Waals surface area (Å²) < 4.78 is 0. The van der Waals surface area contributed by atoms with Crippen LogP contribution in [0.15, 0.2) is 24.5 Å². The molecule has 0 spiro atoms. The van der Waals surface area contributed by atoms with Crippen molar-refractivity contribution in [3.05, 3.63) is 30.1 Å². The van der Waals surface area contributed by atoms with Crippen LogP contribution in [0.25, 0.3) is 0 Å². The summed E-state index contributed by atoms with van der Waals surface area (Å²) in [4.78, 5) is 18.8. The fraction of sp³-hybridized carbons (Fsp3) is 0.625. The predicted octanol–water partition coefficient (Wildman–Crippen LogP) is 2.52. The topological polar surface area (TPSA) is 45.2 Å². The predicted molar refractivity (Wildman–Crippen MR) is 80.3 cm³/mol. The number of pyridine rings is 1. The molecule has 2 heterocycles. The van der Waals surface area contributed by atoms with E-state index in [0.717, 1.165) is 37.8 Å². The maximum atomic E-state index is 12.9. The van der Waals surface area contributed by atoms with E-state index >= 15 is 0 Å². The van der Waals surface area contributed by atoms with E-state index in [4.69, 9.17) is 0 Å². The second kappa shape index (κ2) is 6.35. The van der Waals surface area contributed by atoms with Gasteiger partial charge in [0.15, 0.2) is 0 Å². The van der Waals surface area contributed by atoms with Crippen LogP contribution in [0.4, 0.5) is 0 Å². The van der Waals surface area contributed by atoms with E-state index in [0.29, 0.717) is 0 Å². The Morgan fingerprint density at radius 1 is 1.50 bits per heavy atom. The number of nitrogens with zero attached hydrogens (tertiary/aromatic N) is 2. The molecule has 1 saturated heterocycles. The summed E-state index contributed by atoms with van der Waals surface area (Å²) in [6.45, 7) is 5.16. The molecule has 2 rings (SSSR count). The van der Waals surface area contributed by atoms with Gasteiger partial charge in [0.25, 0.3) is 0 Å². The third kappa shape index (κ3) is 2.85.